The zero-order valence-electron chi connectivity index (χ0n) is 17.1. The molecule has 4 rings (SSSR count). The third kappa shape index (κ3) is 3.95. The monoisotopic (exact) mass is 475 g/mol. The highest BCUT2D eigenvalue weighted by Crippen LogP contribution is 2.40. The first-order valence-electron chi connectivity index (χ1n) is 9.87. The first kappa shape index (κ1) is 22.5. The van der Waals surface area contributed by atoms with E-state index in [0.717, 1.165) is 16.7 Å². The number of nitrogens with zero attached hydrogens (tertiary/aromatic N) is 4. The fourth-order valence-corrected chi connectivity index (χ4v) is 4.31. The van der Waals surface area contributed by atoms with Gasteiger partial charge in [-0.25, -0.2) is 9.78 Å². The Labute approximate surface area is 191 Å². The molecule has 0 aliphatic carbocycles. The highest BCUT2D eigenvalue weighted by Gasteiger charge is 2.47. The lowest BCUT2D eigenvalue weighted by molar-refractivity contribution is -0.138. The van der Waals surface area contributed by atoms with Crippen molar-refractivity contribution in [2.45, 2.75) is 32.0 Å². The number of benzene rings is 1. The number of alkyl halides is 3. The Morgan fingerprint density at radius 3 is 2.82 bits per heavy atom. The Kier molecular flexibility index (Phi) is 5.67. The van der Waals surface area contributed by atoms with Crippen molar-refractivity contribution in [3.63, 3.8) is 0 Å². The van der Waals surface area contributed by atoms with Crippen LogP contribution in [0.5, 0.6) is 0 Å². The van der Waals surface area contributed by atoms with E-state index < -0.39 is 35.5 Å². The number of aryl methyl sites for hydroxylation is 1. The van der Waals surface area contributed by atoms with Crippen LogP contribution < -0.4 is 15.1 Å². The molecule has 170 valence electrons. The maximum absolute atomic E-state index is 13.4. The minimum atomic E-state index is -4.83. The Hall–Kier alpha value is -3.72. The summed E-state index contributed by atoms with van der Waals surface area (Å²) in [6.45, 7) is 1.86. The molecule has 0 bridgehead atoms. The maximum atomic E-state index is 13.4. The molecular formula is C21H16F3N5O3S. The van der Waals surface area contributed by atoms with Crippen LogP contribution in [-0.2, 0) is 22.1 Å². The van der Waals surface area contributed by atoms with Crippen molar-refractivity contribution in [2.75, 3.05) is 21.7 Å². The summed E-state index contributed by atoms with van der Waals surface area (Å²) in [5.74, 6) is -0.492. The third-order valence-electron chi connectivity index (χ3n) is 5.31. The summed E-state index contributed by atoms with van der Waals surface area (Å²) in [5, 5.41) is 11.5. The van der Waals surface area contributed by atoms with Crippen LogP contribution in [0.3, 0.4) is 0 Å². The average molecular weight is 475 g/mol. The first-order valence-corrected chi connectivity index (χ1v) is 10.3. The van der Waals surface area contributed by atoms with E-state index in [-0.39, 0.29) is 17.4 Å². The van der Waals surface area contributed by atoms with E-state index in [1.807, 2.05) is 0 Å². The summed E-state index contributed by atoms with van der Waals surface area (Å²) >= 11 is 5.49. The number of carbonyl (C=O) groups excluding carboxylic acids is 2. The van der Waals surface area contributed by atoms with Crippen LogP contribution in [0.2, 0.25) is 0 Å². The van der Waals surface area contributed by atoms with Crippen molar-refractivity contribution in [1.82, 2.24) is 4.98 Å². The van der Waals surface area contributed by atoms with Gasteiger partial charge in [0.25, 0.3) is 5.91 Å². The number of amides is 2. The average Bonchev–Trinajstić information content (AvgIpc) is 3.03. The molecule has 1 fully saturated rings. The second-order valence-corrected chi connectivity index (χ2v) is 7.63. The third-order valence-corrected chi connectivity index (χ3v) is 5.69. The quantitative estimate of drug-likeness (QED) is 0.670. The van der Waals surface area contributed by atoms with Crippen LogP contribution in [0, 0.1) is 11.3 Å². The molecule has 1 aromatic heterocycles. The van der Waals surface area contributed by atoms with Gasteiger partial charge in [0.05, 0.1) is 24.1 Å². The summed E-state index contributed by atoms with van der Waals surface area (Å²) in [4.78, 5) is 31.1. The molecule has 1 N–H and O–H groups in total. The molecule has 1 saturated heterocycles. The SMILES string of the molecule is CCOC(=O)Nc1ccc2c(c1)N1C(=S)N(c3cnc(C#N)c(C(F)(F)F)c3)C(=O)C1CC2. The number of anilines is 3. The van der Waals surface area contributed by atoms with Crippen LogP contribution in [0.4, 0.5) is 35.0 Å². The van der Waals surface area contributed by atoms with Gasteiger partial charge in [-0.2, -0.15) is 18.4 Å². The molecule has 1 atom stereocenters. The van der Waals surface area contributed by atoms with Crippen molar-refractivity contribution in [2.24, 2.45) is 0 Å². The number of halogens is 3. The lowest BCUT2D eigenvalue weighted by Gasteiger charge is -2.31. The van der Waals surface area contributed by atoms with E-state index in [9.17, 15) is 22.8 Å². The van der Waals surface area contributed by atoms with Crippen molar-refractivity contribution >= 4 is 46.4 Å². The van der Waals surface area contributed by atoms with E-state index in [2.05, 4.69) is 10.3 Å². The molecular weight excluding hydrogens is 459 g/mol. The molecule has 2 aliphatic rings. The fraction of sp³-hybridized carbons (Fsp3) is 0.286. The van der Waals surface area contributed by atoms with Gasteiger partial charge in [-0.3, -0.25) is 15.0 Å². The van der Waals surface area contributed by atoms with Gasteiger partial charge in [0.15, 0.2) is 10.8 Å². The molecule has 0 spiro atoms. The highest BCUT2D eigenvalue weighted by molar-refractivity contribution is 7.81. The topological polar surface area (TPSA) is 98.6 Å². The maximum Gasteiger partial charge on any atom is 0.419 e. The summed E-state index contributed by atoms with van der Waals surface area (Å²) in [7, 11) is 0. The number of carbonyl (C=O) groups is 2. The molecule has 12 heteroatoms. The molecule has 8 nitrogen and oxygen atoms in total. The van der Waals surface area contributed by atoms with E-state index in [0.29, 0.717) is 30.3 Å². The Bertz CT molecular complexity index is 1210. The number of pyridine rings is 1. The number of aromatic nitrogens is 1. The summed E-state index contributed by atoms with van der Waals surface area (Å²) in [5.41, 5.74) is -0.356. The zero-order chi connectivity index (χ0) is 23.9. The number of fused-ring (bicyclic) bond motifs is 3. The molecule has 3 heterocycles. The second-order valence-electron chi connectivity index (χ2n) is 7.27. The largest absolute Gasteiger partial charge is 0.450 e. The van der Waals surface area contributed by atoms with E-state index in [1.165, 1.54) is 6.07 Å². The molecule has 0 saturated carbocycles. The van der Waals surface area contributed by atoms with Crippen LogP contribution in [0.1, 0.15) is 30.2 Å². The summed E-state index contributed by atoms with van der Waals surface area (Å²) < 4.78 is 45.1. The van der Waals surface area contributed by atoms with E-state index >= 15 is 0 Å². The minimum absolute atomic E-state index is 0.0149. The van der Waals surface area contributed by atoms with Gasteiger partial charge in [0.1, 0.15) is 12.1 Å². The highest BCUT2D eigenvalue weighted by atomic mass is 32.1. The Balaban J connectivity index is 1.72. The van der Waals surface area contributed by atoms with Crippen molar-refractivity contribution in [3.05, 3.63) is 47.3 Å². The van der Waals surface area contributed by atoms with Gasteiger partial charge < -0.3 is 9.64 Å². The minimum Gasteiger partial charge on any atom is -0.450 e. The molecule has 33 heavy (non-hydrogen) atoms. The van der Waals surface area contributed by atoms with Gasteiger partial charge in [-0.15, -0.1) is 0 Å². The number of rotatable bonds is 3. The number of ether oxygens (including phenoxy) is 1. The normalized spacial score (nSPS) is 17.4. The van der Waals surface area contributed by atoms with Gasteiger partial charge in [0.2, 0.25) is 0 Å². The predicted octanol–water partition coefficient (Wildman–Crippen LogP) is 3.99. The fourth-order valence-electron chi connectivity index (χ4n) is 3.89. The summed E-state index contributed by atoms with van der Waals surface area (Å²) in [6, 6.07) is 6.51. The molecule has 2 aliphatic heterocycles. The number of nitriles is 1. The smallest absolute Gasteiger partial charge is 0.419 e. The molecule has 1 unspecified atom stereocenters. The van der Waals surface area contributed by atoms with Gasteiger partial charge in [-0.1, -0.05) is 6.07 Å². The molecule has 2 amide bonds. The van der Waals surface area contributed by atoms with Crippen molar-refractivity contribution < 1.29 is 27.5 Å². The van der Waals surface area contributed by atoms with Gasteiger partial charge in [0, 0.05) is 11.4 Å². The lowest BCUT2D eigenvalue weighted by Crippen LogP contribution is -2.39. The van der Waals surface area contributed by atoms with Crippen LogP contribution in [0.25, 0.3) is 0 Å². The predicted molar refractivity (Wildman–Crippen MR) is 116 cm³/mol. The molecule has 0 radical (unpaired) electrons. The van der Waals surface area contributed by atoms with Gasteiger partial charge >= 0.3 is 12.3 Å². The lowest BCUT2D eigenvalue weighted by atomic mass is 9.96. The van der Waals surface area contributed by atoms with Crippen molar-refractivity contribution in [1.29, 1.82) is 5.26 Å². The number of hydrogen-bond acceptors (Lipinski definition) is 6. The number of thiocarbonyl (C=S) groups is 1. The van der Waals surface area contributed by atoms with E-state index in [1.54, 1.807) is 30.0 Å². The van der Waals surface area contributed by atoms with Crippen LogP contribution in [-0.4, -0.2) is 34.7 Å². The number of nitrogens with one attached hydrogen (secondary N) is 1. The van der Waals surface area contributed by atoms with E-state index in [4.69, 9.17) is 22.2 Å². The Morgan fingerprint density at radius 1 is 1.39 bits per heavy atom. The number of hydrogen-bond donors (Lipinski definition) is 1. The van der Waals surface area contributed by atoms with Crippen molar-refractivity contribution in [3.8, 4) is 6.07 Å². The second kappa shape index (κ2) is 8.32. The first-order chi connectivity index (χ1) is 15.7. The van der Waals surface area contributed by atoms with Crippen LogP contribution in [0.15, 0.2) is 30.5 Å². The van der Waals surface area contributed by atoms with Gasteiger partial charge in [-0.05, 0) is 55.7 Å². The zero-order valence-corrected chi connectivity index (χ0v) is 18.0. The molecule has 2 aromatic rings. The molecule has 1 aromatic carbocycles. The van der Waals surface area contributed by atoms with Crippen LogP contribution >= 0.6 is 12.2 Å². The summed E-state index contributed by atoms with van der Waals surface area (Å²) in [6.07, 6.45) is -3.50. The Morgan fingerprint density at radius 2 is 2.15 bits per heavy atom. The standard InChI is InChI=1S/C21H16F3N5O3S/c1-2-32-19(31)27-12-5-3-11-4-6-16-18(30)28(20(33)29(16)17(11)7-12)13-8-14(21(22,23)24)15(9-25)26-10-13/h3,5,7-8,10,16H,2,4,6H2,1H3,(H,27,31).